The average Bonchev–Trinajstić information content (AvgIpc) is 2.69. The molecule has 0 bridgehead atoms. The van der Waals surface area contributed by atoms with Gasteiger partial charge in [-0.25, -0.2) is 0 Å². The molecule has 1 aliphatic heterocycles. The van der Waals surface area contributed by atoms with Crippen LogP contribution in [0.3, 0.4) is 0 Å². The molecule has 0 atom stereocenters. The van der Waals surface area contributed by atoms with Crippen molar-refractivity contribution in [1.82, 2.24) is 4.90 Å². The molecule has 0 radical (unpaired) electrons. The summed E-state index contributed by atoms with van der Waals surface area (Å²) >= 11 is 0. The summed E-state index contributed by atoms with van der Waals surface area (Å²) in [6.07, 6.45) is 2.08. The van der Waals surface area contributed by atoms with E-state index in [1.807, 2.05) is 11.8 Å². The highest BCUT2D eigenvalue weighted by Gasteiger charge is 2.21. The van der Waals surface area contributed by atoms with E-state index in [1.54, 1.807) is 48.5 Å². The highest BCUT2D eigenvalue weighted by atomic mass is 16.5. The molecule has 0 spiro atoms. The third-order valence-corrected chi connectivity index (χ3v) is 4.87. The van der Waals surface area contributed by atoms with Crippen LogP contribution in [-0.4, -0.2) is 36.4 Å². The van der Waals surface area contributed by atoms with E-state index in [1.165, 1.54) is 0 Å². The number of anilines is 1. The number of hydrogen-bond donors (Lipinski definition) is 1. The van der Waals surface area contributed by atoms with Crippen molar-refractivity contribution in [1.29, 1.82) is 0 Å². The molecule has 1 heterocycles. The zero-order valence-electron chi connectivity index (χ0n) is 15.9. The third-order valence-electron chi connectivity index (χ3n) is 4.87. The molecule has 27 heavy (non-hydrogen) atoms. The van der Waals surface area contributed by atoms with Gasteiger partial charge in [0.1, 0.15) is 5.75 Å². The van der Waals surface area contributed by atoms with Crippen molar-refractivity contribution in [2.45, 2.75) is 26.7 Å². The molecule has 1 aliphatic rings. The highest BCUT2D eigenvalue weighted by Crippen LogP contribution is 2.20. The normalized spacial score (nSPS) is 14.7. The van der Waals surface area contributed by atoms with E-state index in [0.717, 1.165) is 31.7 Å². The first-order valence-corrected chi connectivity index (χ1v) is 9.50. The molecule has 0 saturated carbocycles. The minimum atomic E-state index is -0.213. The van der Waals surface area contributed by atoms with Crippen LogP contribution in [0.2, 0.25) is 0 Å². The Hall–Kier alpha value is -2.82. The zero-order chi connectivity index (χ0) is 19.2. The lowest BCUT2D eigenvalue weighted by Crippen LogP contribution is -2.37. The van der Waals surface area contributed by atoms with Crippen LogP contribution in [-0.2, 0) is 0 Å². The first-order chi connectivity index (χ1) is 13.1. The lowest BCUT2D eigenvalue weighted by atomic mass is 9.98. The highest BCUT2D eigenvalue weighted by molar-refractivity contribution is 6.05. The second-order valence-electron chi connectivity index (χ2n) is 6.97. The maximum Gasteiger partial charge on any atom is 0.255 e. The molecule has 1 saturated heterocycles. The summed E-state index contributed by atoms with van der Waals surface area (Å²) in [6, 6.07) is 14.1. The fourth-order valence-corrected chi connectivity index (χ4v) is 3.20. The summed E-state index contributed by atoms with van der Waals surface area (Å²) < 4.78 is 5.39. The standard InChI is InChI=1S/C22H26N2O3/c1-3-27-20-9-7-17(8-10-20)21(25)23-19-6-4-5-18(15-19)22(26)24-13-11-16(2)12-14-24/h4-10,15-16H,3,11-14H2,1-2H3,(H,23,25). The van der Waals surface area contributed by atoms with Crippen LogP contribution in [0.25, 0.3) is 0 Å². The first kappa shape index (κ1) is 19.0. The number of likely N-dealkylation sites (tertiary alicyclic amines) is 1. The Bertz CT molecular complexity index is 793. The lowest BCUT2D eigenvalue weighted by molar-refractivity contribution is 0.0697. The van der Waals surface area contributed by atoms with Gasteiger partial charge in [-0.3, -0.25) is 9.59 Å². The number of carbonyl (C=O) groups excluding carboxylic acids is 2. The van der Waals surface area contributed by atoms with Gasteiger partial charge < -0.3 is 15.0 Å². The van der Waals surface area contributed by atoms with Gasteiger partial charge in [0.15, 0.2) is 0 Å². The molecule has 3 rings (SSSR count). The Morgan fingerprint density at radius 3 is 2.44 bits per heavy atom. The molecule has 0 unspecified atom stereocenters. The van der Waals surface area contributed by atoms with Crippen LogP contribution in [0.4, 0.5) is 5.69 Å². The van der Waals surface area contributed by atoms with Crippen molar-refractivity contribution in [2.75, 3.05) is 25.0 Å². The fraction of sp³-hybridized carbons (Fsp3) is 0.364. The number of benzene rings is 2. The van der Waals surface area contributed by atoms with E-state index in [2.05, 4.69) is 12.2 Å². The second kappa shape index (κ2) is 8.71. The fourth-order valence-electron chi connectivity index (χ4n) is 3.20. The summed E-state index contributed by atoms with van der Waals surface area (Å²) in [4.78, 5) is 27.1. The van der Waals surface area contributed by atoms with Crippen LogP contribution in [0.5, 0.6) is 5.75 Å². The Kier molecular flexibility index (Phi) is 6.12. The third kappa shape index (κ3) is 4.88. The molecule has 1 fully saturated rings. The van der Waals surface area contributed by atoms with E-state index in [0.29, 0.717) is 29.3 Å². The predicted octanol–water partition coefficient (Wildman–Crippen LogP) is 4.21. The van der Waals surface area contributed by atoms with Gasteiger partial charge in [-0.2, -0.15) is 0 Å². The minimum Gasteiger partial charge on any atom is -0.494 e. The molecule has 0 aliphatic carbocycles. The Morgan fingerprint density at radius 1 is 1.07 bits per heavy atom. The molecule has 2 amide bonds. The molecule has 2 aromatic rings. The molecule has 1 N–H and O–H groups in total. The van der Waals surface area contributed by atoms with E-state index in [4.69, 9.17) is 4.74 Å². The van der Waals surface area contributed by atoms with E-state index < -0.39 is 0 Å². The largest absolute Gasteiger partial charge is 0.494 e. The van der Waals surface area contributed by atoms with Gasteiger partial charge in [0.05, 0.1) is 6.61 Å². The SMILES string of the molecule is CCOc1ccc(C(=O)Nc2cccc(C(=O)N3CCC(C)CC3)c2)cc1. The summed E-state index contributed by atoms with van der Waals surface area (Å²) in [7, 11) is 0. The number of carbonyl (C=O) groups is 2. The molecule has 142 valence electrons. The predicted molar refractivity (Wildman–Crippen MR) is 106 cm³/mol. The smallest absolute Gasteiger partial charge is 0.255 e. The Labute approximate surface area is 160 Å². The van der Waals surface area contributed by atoms with Gasteiger partial charge >= 0.3 is 0 Å². The van der Waals surface area contributed by atoms with E-state index in [-0.39, 0.29) is 11.8 Å². The Balaban J connectivity index is 1.66. The number of ether oxygens (including phenoxy) is 1. The van der Waals surface area contributed by atoms with Gasteiger partial charge in [-0.1, -0.05) is 13.0 Å². The van der Waals surface area contributed by atoms with Crippen LogP contribution in [0, 0.1) is 5.92 Å². The topological polar surface area (TPSA) is 58.6 Å². The first-order valence-electron chi connectivity index (χ1n) is 9.50. The van der Waals surface area contributed by atoms with Gasteiger partial charge in [0.25, 0.3) is 11.8 Å². The van der Waals surface area contributed by atoms with E-state index >= 15 is 0 Å². The summed E-state index contributed by atoms with van der Waals surface area (Å²) in [5, 5.41) is 2.86. The van der Waals surface area contributed by atoms with Crippen LogP contribution < -0.4 is 10.1 Å². The summed E-state index contributed by atoms with van der Waals surface area (Å²) in [6.45, 7) is 6.31. The average molecular weight is 366 g/mol. The second-order valence-corrected chi connectivity index (χ2v) is 6.97. The Morgan fingerprint density at radius 2 is 1.78 bits per heavy atom. The van der Waals surface area contributed by atoms with Crippen molar-refractivity contribution in [2.24, 2.45) is 5.92 Å². The number of nitrogens with one attached hydrogen (secondary N) is 1. The maximum absolute atomic E-state index is 12.7. The van der Waals surface area contributed by atoms with Gasteiger partial charge in [0, 0.05) is 29.9 Å². The van der Waals surface area contributed by atoms with Crippen molar-refractivity contribution in [3.05, 3.63) is 59.7 Å². The monoisotopic (exact) mass is 366 g/mol. The number of rotatable bonds is 5. The van der Waals surface area contributed by atoms with Gasteiger partial charge in [-0.05, 0) is 68.1 Å². The number of amides is 2. The number of piperidine rings is 1. The maximum atomic E-state index is 12.7. The van der Waals surface area contributed by atoms with Crippen molar-refractivity contribution in [3.63, 3.8) is 0 Å². The van der Waals surface area contributed by atoms with Crippen LogP contribution >= 0.6 is 0 Å². The van der Waals surface area contributed by atoms with Gasteiger partial charge in [-0.15, -0.1) is 0 Å². The number of nitrogens with zero attached hydrogens (tertiary/aromatic N) is 1. The lowest BCUT2D eigenvalue weighted by Gasteiger charge is -2.30. The minimum absolute atomic E-state index is 0.0269. The zero-order valence-corrected chi connectivity index (χ0v) is 15.9. The molecular weight excluding hydrogens is 340 g/mol. The van der Waals surface area contributed by atoms with Crippen LogP contribution in [0.1, 0.15) is 47.4 Å². The van der Waals surface area contributed by atoms with Crippen molar-refractivity contribution >= 4 is 17.5 Å². The number of hydrogen-bond acceptors (Lipinski definition) is 3. The quantitative estimate of drug-likeness (QED) is 0.862. The molecule has 2 aromatic carbocycles. The summed E-state index contributed by atoms with van der Waals surface area (Å²) in [5.74, 6) is 1.22. The van der Waals surface area contributed by atoms with Crippen LogP contribution in [0.15, 0.2) is 48.5 Å². The van der Waals surface area contributed by atoms with Crippen molar-refractivity contribution < 1.29 is 14.3 Å². The van der Waals surface area contributed by atoms with Gasteiger partial charge in [0.2, 0.25) is 0 Å². The molecule has 5 nitrogen and oxygen atoms in total. The molecule has 0 aromatic heterocycles. The molecular formula is C22H26N2O3. The van der Waals surface area contributed by atoms with Crippen molar-refractivity contribution in [3.8, 4) is 5.75 Å². The molecule has 5 heteroatoms. The van der Waals surface area contributed by atoms with E-state index in [9.17, 15) is 9.59 Å². The summed E-state index contributed by atoms with van der Waals surface area (Å²) in [5.41, 5.74) is 1.76.